The Morgan fingerprint density at radius 2 is 1.80 bits per heavy atom. The molecule has 1 aromatic rings. The van der Waals surface area contributed by atoms with Gasteiger partial charge in [-0.05, 0) is 37.6 Å². The molecule has 138 valence electrons. The lowest BCUT2D eigenvalue weighted by Crippen LogP contribution is -2.33. The number of nitrogens with one attached hydrogen (secondary N) is 1. The van der Waals surface area contributed by atoms with E-state index in [2.05, 4.69) is 74.0 Å². The number of hydrogen-bond donors (Lipinski definition) is 1. The third-order valence-corrected chi connectivity index (χ3v) is 4.30. The molecule has 0 spiro atoms. The first-order valence-corrected chi connectivity index (χ1v) is 9.83. The summed E-state index contributed by atoms with van der Waals surface area (Å²) in [6.45, 7) is 12.5. The summed E-state index contributed by atoms with van der Waals surface area (Å²) in [5.41, 5.74) is 3.59. The van der Waals surface area contributed by atoms with Crippen LogP contribution in [0, 0.1) is 0 Å². The number of anilines is 2. The summed E-state index contributed by atoms with van der Waals surface area (Å²) in [5.74, 6) is 0. The second-order valence-electron chi connectivity index (χ2n) is 6.34. The molecule has 2 heteroatoms. The summed E-state index contributed by atoms with van der Waals surface area (Å²) in [7, 11) is 0. The third kappa shape index (κ3) is 6.45. The maximum Gasteiger partial charge on any atom is 0.104 e. The molecule has 0 radical (unpaired) electrons. The number of nitrogens with zero attached hydrogens (tertiary/aromatic N) is 1. The van der Waals surface area contributed by atoms with Gasteiger partial charge in [-0.15, -0.1) is 0 Å². The van der Waals surface area contributed by atoms with Crippen molar-refractivity contribution in [2.45, 2.75) is 72.4 Å². The Morgan fingerprint density at radius 3 is 2.36 bits per heavy atom. The topological polar surface area (TPSA) is 15.3 Å². The van der Waals surface area contributed by atoms with Crippen LogP contribution >= 0.6 is 0 Å². The normalized spacial score (nSPS) is 16.2. The van der Waals surface area contributed by atoms with Crippen molar-refractivity contribution in [1.82, 2.24) is 0 Å². The Labute approximate surface area is 155 Å². The molecule has 0 saturated carbocycles. The Bertz CT molecular complexity index is 553. The molecule has 0 bridgehead atoms. The number of para-hydroxylation sites is 2. The van der Waals surface area contributed by atoms with E-state index >= 15 is 0 Å². The molecule has 0 fully saturated rings. The smallest absolute Gasteiger partial charge is 0.104 e. The number of hydrogen-bond acceptors (Lipinski definition) is 2. The van der Waals surface area contributed by atoms with Crippen LogP contribution in [0.15, 0.2) is 60.8 Å². The summed E-state index contributed by atoms with van der Waals surface area (Å²) in [6.07, 6.45) is 16.4. The van der Waals surface area contributed by atoms with E-state index in [9.17, 15) is 0 Å². The second kappa shape index (κ2) is 12.4. The molecule has 1 aliphatic rings. The van der Waals surface area contributed by atoms with Gasteiger partial charge in [0.15, 0.2) is 0 Å². The third-order valence-electron chi connectivity index (χ3n) is 4.30. The molecule has 1 heterocycles. The van der Waals surface area contributed by atoms with Gasteiger partial charge >= 0.3 is 0 Å². The fraction of sp³-hybridized carbons (Fsp3) is 0.478. The van der Waals surface area contributed by atoms with Gasteiger partial charge < -0.3 is 10.2 Å². The van der Waals surface area contributed by atoms with Crippen molar-refractivity contribution in [2.24, 2.45) is 0 Å². The van der Waals surface area contributed by atoms with Crippen LogP contribution in [0.5, 0.6) is 0 Å². The van der Waals surface area contributed by atoms with Gasteiger partial charge in [-0.1, -0.05) is 83.7 Å². The Morgan fingerprint density at radius 1 is 1.12 bits per heavy atom. The minimum atomic E-state index is 0.310. The molecule has 1 atom stereocenters. The SMILES string of the molecule is C=C/C=C(\C=C/C)N1c2ccccc2NC1CC.CCCCCCC. The van der Waals surface area contributed by atoms with Crippen LogP contribution in [0.3, 0.4) is 0 Å². The molecular weight excluding hydrogens is 304 g/mol. The lowest BCUT2D eigenvalue weighted by molar-refractivity contribution is 0.656. The average Bonchev–Trinajstić information content (AvgIpc) is 3.01. The quantitative estimate of drug-likeness (QED) is 0.395. The molecule has 25 heavy (non-hydrogen) atoms. The number of allylic oxidation sites excluding steroid dienone is 4. The van der Waals surface area contributed by atoms with Crippen LogP contribution in [-0.2, 0) is 0 Å². The minimum Gasteiger partial charge on any atom is -0.363 e. The summed E-state index contributed by atoms with van der Waals surface area (Å²) in [5, 5.41) is 3.55. The zero-order valence-corrected chi connectivity index (χ0v) is 16.6. The zero-order valence-electron chi connectivity index (χ0n) is 16.6. The maximum absolute atomic E-state index is 3.80. The summed E-state index contributed by atoms with van der Waals surface area (Å²) < 4.78 is 0. The molecule has 2 rings (SSSR count). The Kier molecular flexibility index (Phi) is 10.5. The van der Waals surface area contributed by atoms with Crippen molar-refractivity contribution in [3.8, 4) is 0 Å². The van der Waals surface area contributed by atoms with Crippen molar-refractivity contribution in [2.75, 3.05) is 10.2 Å². The predicted molar refractivity (Wildman–Crippen MR) is 114 cm³/mol. The summed E-state index contributed by atoms with van der Waals surface area (Å²) >= 11 is 0. The van der Waals surface area contributed by atoms with Gasteiger partial charge in [0.25, 0.3) is 0 Å². The van der Waals surface area contributed by atoms with Gasteiger partial charge in [-0.3, -0.25) is 0 Å². The van der Waals surface area contributed by atoms with Crippen LogP contribution in [-0.4, -0.2) is 6.17 Å². The molecule has 1 aliphatic heterocycles. The molecule has 0 saturated heterocycles. The predicted octanol–water partition coefficient (Wildman–Crippen LogP) is 7.28. The number of fused-ring (bicyclic) bond motifs is 1. The fourth-order valence-corrected chi connectivity index (χ4v) is 3.01. The van der Waals surface area contributed by atoms with Crippen LogP contribution < -0.4 is 10.2 Å². The number of benzene rings is 1. The van der Waals surface area contributed by atoms with Gasteiger partial charge in [0.2, 0.25) is 0 Å². The summed E-state index contributed by atoms with van der Waals surface area (Å²) in [4.78, 5) is 2.33. The monoisotopic (exact) mass is 340 g/mol. The van der Waals surface area contributed by atoms with Gasteiger partial charge in [-0.2, -0.15) is 0 Å². The molecule has 0 aromatic heterocycles. The molecule has 1 N–H and O–H groups in total. The average molecular weight is 341 g/mol. The standard InChI is InChI=1S/C16H20N2.C7H16/c1-4-9-13(10-5-2)18-15-12-8-7-11-14(15)17-16(18)6-3;1-3-5-7-6-4-2/h4-5,7-12,16-17H,1,6H2,2-3H3;3-7H2,1-2H3/b10-5-,13-9+;. The van der Waals surface area contributed by atoms with Crippen molar-refractivity contribution in [3.63, 3.8) is 0 Å². The van der Waals surface area contributed by atoms with E-state index < -0.39 is 0 Å². The second-order valence-corrected chi connectivity index (χ2v) is 6.34. The van der Waals surface area contributed by atoms with E-state index in [1.165, 1.54) is 43.5 Å². The van der Waals surface area contributed by atoms with Crippen molar-refractivity contribution in [3.05, 3.63) is 60.8 Å². The van der Waals surface area contributed by atoms with E-state index in [1.807, 2.05) is 19.1 Å². The first-order valence-electron chi connectivity index (χ1n) is 9.83. The van der Waals surface area contributed by atoms with E-state index in [0.717, 1.165) is 12.1 Å². The van der Waals surface area contributed by atoms with Gasteiger partial charge in [0.05, 0.1) is 11.4 Å². The minimum absolute atomic E-state index is 0.310. The largest absolute Gasteiger partial charge is 0.363 e. The van der Waals surface area contributed by atoms with E-state index in [1.54, 1.807) is 0 Å². The highest BCUT2D eigenvalue weighted by Crippen LogP contribution is 2.38. The molecule has 0 amide bonds. The lowest BCUT2D eigenvalue weighted by Gasteiger charge is -2.27. The van der Waals surface area contributed by atoms with Crippen LogP contribution in [0.4, 0.5) is 11.4 Å². The van der Waals surface area contributed by atoms with Crippen molar-refractivity contribution < 1.29 is 0 Å². The molecular formula is C23H36N2. The fourth-order valence-electron chi connectivity index (χ4n) is 3.01. The van der Waals surface area contributed by atoms with E-state index in [0.29, 0.717) is 6.17 Å². The zero-order chi connectivity index (χ0) is 18.5. The molecule has 1 aromatic carbocycles. The number of rotatable bonds is 8. The van der Waals surface area contributed by atoms with Crippen molar-refractivity contribution >= 4 is 11.4 Å². The van der Waals surface area contributed by atoms with Gasteiger partial charge in [0, 0.05) is 5.70 Å². The maximum atomic E-state index is 3.80. The van der Waals surface area contributed by atoms with Gasteiger partial charge in [0.1, 0.15) is 6.17 Å². The first-order chi connectivity index (χ1) is 12.2. The summed E-state index contributed by atoms with van der Waals surface area (Å²) in [6, 6.07) is 8.42. The lowest BCUT2D eigenvalue weighted by atomic mass is 10.2. The highest BCUT2D eigenvalue weighted by atomic mass is 15.3. The van der Waals surface area contributed by atoms with E-state index in [4.69, 9.17) is 0 Å². The van der Waals surface area contributed by atoms with Gasteiger partial charge in [-0.25, -0.2) is 0 Å². The van der Waals surface area contributed by atoms with E-state index in [-0.39, 0.29) is 0 Å². The van der Waals surface area contributed by atoms with Crippen LogP contribution in [0.2, 0.25) is 0 Å². The molecule has 1 unspecified atom stereocenters. The number of unbranched alkanes of at least 4 members (excludes halogenated alkanes) is 4. The Hall–Kier alpha value is -1.96. The first kappa shape index (κ1) is 21.1. The molecule has 0 aliphatic carbocycles. The van der Waals surface area contributed by atoms with Crippen molar-refractivity contribution in [1.29, 1.82) is 0 Å². The molecule has 2 nitrogen and oxygen atoms in total. The highest BCUT2D eigenvalue weighted by molar-refractivity contribution is 5.79. The Balaban J connectivity index is 0.000000381. The van der Waals surface area contributed by atoms with Crippen LogP contribution in [0.1, 0.15) is 66.2 Å². The van der Waals surface area contributed by atoms with Crippen LogP contribution in [0.25, 0.3) is 0 Å². The highest BCUT2D eigenvalue weighted by Gasteiger charge is 2.28.